The highest BCUT2D eigenvalue weighted by Crippen LogP contribution is 2.26. The lowest BCUT2D eigenvalue weighted by molar-refractivity contribution is 0.300. The van der Waals surface area contributed by atoms with Crippen LogP contribution in [0, 0.1) is 6.92 Å². The van der Waals surface area contributed by atoms with Gasteiger partial charge in [0.1, 0.15) is 17.4 Å². The van der Waals surface area contributed by atoms with E-state index >= 15 is 0 Å². The van der Waals surface area contributed by atoms with Crippen LogP contribution < -0.4 is 10.1 Å². The van der Waals surface area contributed by atoms with Crippen molar-refractivity contribution in [2.75, 3.05) is 7.05 Å². The maximum atomic E-state index is 5.75. The minimum Gasteiger partial charge on any atom is -0.486 e. The molecule has 0 aliphatic heterocycles. The van der Waals surface area contributed by atoms with Gasteiger partial charge in [0.25, 0.3) is 0 Å². The van der Waals surface area contributed by atoms with E-state index in [4.69, 9.17) is 4.74 Å². The molecule has 0 saturated heterocycles. The van der Waals surface area contributed by atoms with Crippen LogP contribution in [0.1, 0.15) is 16.3 Å². The van der Waals surface area contributed by atoms with Gasteiger partial charge in [0.2, 0.25) is 0 Å². The first kappa shape index (κ1) is 13.5. The molecule has 1 N–H and O–H groups in total. The average molecular weight is 327 g/mol. The van der Waals surface area contributed by atoms with E-state index in [9.17, 15) is 0 Å². The molecule has 1 aromatic carbocycles. The van der Waals surface area contributed by atoms with E-state index in [0.717, 1.165) is 27.5 Å². The van der Waals surface area contributed by atoms with Crippen LogP contribution >= 0.6 is 27.3 Å². The molecule has 18 heavy (non-hydrogen) atoms. The van der Waals surface area contributed by atoms with Crippen molar-refractivity contribution in [2.24, 2.45) is 0 Å². The average Bonchev–Trinajstić information content (AvgIpc) is 2.76. The molecule has 3 nitrogen and oxygen atoms in total. The summed E-state index contributed by atoms with van der Waals surface area (Å²) in [6.07, 6.45) is 0. The SMILES string of the molecule is CNCc1nc(COc2ccc(C)cc2Br)cs1. The van der Waals surface area contributed by atoms with Crippen LogP contribution in [0.5, 0.6) is 5.75 Å². The zero-order valence-electron chi connectivity index (χ0n) is 10.4. The number of aromatic nitrogens is 1. The Morgan fingerprint density at radius 3 is 3.00 bits per heavy atom. The van der Waals surface area contributed by atoms with Crippen LogP contribution in [-0.2, 0) is 13.2 Å². The van der Waals surface area contributed by atoms with E-state index in [2.05, 4.69) is 33.2 Å². The van der Waals surface area contributed by atoms with E-state index in [0.29, 0.717) is 6.61 Å². The maximum absolute atomic E-state index is 5.75. The maximum Gasteiger partial charge on any atom is 0.134 e. The lowest BCUT2D eigenvalue weighted by Gasteiger charge is -2.07. The van der Waals surface area contributed by atoms with Crippen molar-refractivity contribution in [3.8, 4) is 5.75 Å². The van der Waals surface area contributed by atoms with Gasteiger partial charge in [-0.1, -0.05) is 6.07 Å². The fourth-order valence-corrected chi connectivity index (χ4v) is 2.92. The number of rotatable bonds is 5. The fraction of sp³-hybridized carbons (Fsp3) is 0.308. The number of ether oxygens (including phenoxy) is 1. The summed E-state index contributed by atoms with van der Waals surface area (Å²) in [6.45, 7) is 3.36. The Morgan fingerprint density at radius 1 is 1.44 bits per heavy atom. The molecule has 0 atom stereocenters. The molecule has 96 valence electrons. The molecule has 0 fully saturated rings. The molecule has 0 unspecified atom stereocenters. The van der Waals surface area contributed by atoms with E-state index < -0.39 is 0 Å². The highest BCUT2D eigenvalue weighted by Gasteiger charge is 2.04. The number of nitrogens with zero attached hydrogens (tertiary/aromatic N) is 1. The van der Waals surface area contributed by atoms with Crippen molar-refractivity contribution in [3.63, 3.8) is 0 Å². The lowest BCUT2D eigenvalue weighted by atomic mass is 10.2. The molecule has 2 aromatic rings. The largest absolute Gasteiger partial charge is 0.486 e. The fourth-order valence-electron chi connectivity index (χ4n) is 1.52. The van der Waals surface area contributed by atoms with E-state index in [1.54, 1.807) is 11.3 Å². The Labute approximate surface area is 119 Å². The van der Waals surface area contributed by atoms with Crippen molar-refractivity contribution < 1.29 is 4.74 Å². The van der Waals surface area contributed by atoms with Crippen LogP contribution in [0.2, 0.25) is 0 Å². The normalized spacial score (nSPS) is 10.6. The molecule has 0 aliphatic rings. The third kappa shape index (κ3) is 3.54. The molecule has 0 spiro atoms. The van der Waals surface area contributed by atoms with Crippen LogP contribution in [0.25, 0.3) is 0 Å². The number of aryl methyl sites for hydroxylation is 1. The molecule has 0 radical (unpaired) electrons. The summed E-state index contributed by atoms with van der Waals surface area (Å²) < 4.78 is 6.73. The van der Waals surface area contributed by atoms with E-state index in [1.807, 2.05) is 30.6 Å². The summed E-state index contributed by atoms with van der Waals surface area (Å²) in [5.74, 6) is 0.851. The van der Waals surface area contributed by atoms with Crippen molar-refractivity contribution in [3.05, 3.63) is 44.3 Å². The summed E-state index contributed by atoms with van der Waals surface area (Å²) in [4.78, 5) is 4.48. The van der Waals surface area contributed by atoms with Gasteiger partial charge in [0, 0.05) is 11.9 Å². The first-order valence-corrected chi connectivity index (χ1v) is 7.33. The molecule has 0 saturated carbocycles. The van der Waals surface area contributed by atoms with Crippen LogP contribution in [0.3, 0.4) is 0 Å². The van der Waals surface area contributed by atoms with E-state index in [-0.39, 0.29) is 0 Å². The molecule has 1 aromatic heterocycles. The van der Waals surface area contributed by atoms with Gasteiger partial charge < -0.3 is 10.1 Å². The first-order valence-electron chi connectivity index (χ1n) is 5.66. The molecule has 2 rings (SSSR count). The Bertz CT molecular complexity index is 527. The zero-order valence-corrected chi connectivity index (χ0v) is 12.8. The van der Waals surface area contributed by atoms with Gasteiger partial charge >= 0.3 is 0 Å². The zero-order chi connectivity index (χ0) is 13.0. The number of hydrogen-bond donors (Lipinski definition) is 1. The third-order valence-corrected chi connectivity index (χ3v) is 3.91. The Morgan fingerprint density at radius 2 is 2.28 bits per heavy atom. The number of nitrogens with one attached hydrogen (secondary N) is 1. The van der Waals surface area contributed by atoms with Crippen molar-refractivity contribution in [1.82, 2.24) is 10.3 Å². The van der Waals surface area contributed by atoms with Gasteiger partial charge in [-0.05, 0) is 47.6 Å². The number of thiazole rings is 1. The van der Waals surface area contributed by atoms with Gasteiger partial charge in [0.05, 0.1) is 10.2 Å². The third-order valence-electron chi connectivity index (χ3n) is 2.39. The van der Waals surface area contributed by atoms with Gasteiger partial charge in [-0.15, -0.1) is 11.3 Å². The van der Waals surface area contributed by atoms with Crippen molar-refractivity contribution >= 4 is 27.3 Å². The first-order chi connectivity index (χ1) is 8.69. The predicted molar refractivity (Wildman–Crippen MR) is 78.1 cm³/mol. The van der Waals surface area contributed by atoms with Crippen molar-refractivity contribution in [2.45, 2.75) is 20.1 Å². The number of benzene rings is 1. The summed E-state index contributed by atoms with van der Waals surface area (Å²) in [7, 11) is 1.92. The summed E-state index contributed by atoms with van der Waals surface area (Å²) in [6, 6.07) is 6.05. The molecule has 0 bridgehead atoms. The van der Waals surface area contributed by atoms with Crippen LogP contribution in [-0.4, -0.2) is 12.0 Å². The summed E-state index contributed by atoms with van der Waals surface area (Å²) in [5.41, 5.74) is 2.18. The summed E-state index contributed by atoms with van der Waals surface area (Å²) >= 11 is 5.15. The monoisotopic (exact) mass is 326 g/mol. The highest BCUT2D eigenvalue weighted by atomic mass is 79.9. The molecule has 0 aliphatic carbocycles. The molecule has 5 heteroatoms. The van der Waals surface area contributed by atoms with Crippen LogP contribution in [0.4, 0.5) is 0 Å². The molecular formula is C13H15BrN2OS. The van der Waals surface area contributed by atoms with Gasteiger partial charge in [-0.25, -0.2) is 4.98 Å². The lowest BCUT2D eigenvalue weighted by Crippen LogP contribution is -2.05. The standard InChI is InChI=1S/C13H15BrN2OS/c1-9-3-4-12(11(14)5-9)17-7-10-8-18-13(16-10)6-15-2/h3-5,8,15H,6-7H2,1-2H3. The van der Waals surface area contributed by atoms with Gasteiger partial charge in [0.15, 0.2) is 0 Å². The quantitative estimate of drug-likeness (QED) is 0.912. The predicted octanol–water partition coefficient (Wildman–Crippen LogP) is 3.51. The molecule has 1 heterocycles. The second-order valence-corrected chi connectivity index (χ2v) is 5.78. The second-order valence-electron chi connectivity index (χ2n) is 3.99. The topological polar surface area (TPSA) is 34.2 Å². The van der Waals surface area contributed by atoms with Gasteiger partial charge in [-0.2, -0.15) is 0 Å². The van der Waals surface area contributed by atoms with E-state index in [1.165, 1.54) is 5.56 Å². The highest BCUT2D eigenvalue weighted by molar-refractivity contribution is 9.10. The van der Waals surface area contributed by atoms with Crippen molar-refractivity contribution in [1.29, 1.82) is 0 Å². The van der Waals surface area contributed by atoms with Gasteiger partial charge in [-0.3, -0.25) is 0 Å². The minimum absolute atomic E-state index is 0.502. The van der Waals surface area contributed by atoms with Crippen LogP contribution in [0.15, 0.2) is 28.1 Å². The Hall–Kier alpha value is -0.910. The smallest absolute Gasteiger partial charge is 0.134 e. The summed E-state index contributed by atoms with van der Waals surface area (Å²) in [5, 5.41) is 6.21. The minimum atomic E-state index is 0.502. The Kier molecular flexibility index (Phi) is 4.74. The second kappa shape index (κ2) is 6.31. The number of halogens is 1. The molecular weight excluding hydrogens is 312 g/mol. The number of hydrogen-bond acceptors (Lipinski definition) is 4. The molecule has 0 amide bonds. The Balaban J connectivity index is 1.97.